The SMILES string of the molecule is CS(=O)(=O)C1SC=C(NS(=O)(=O)Nc2ccsc2Cl)C1=O. The number of halogens is 1. The number of thiophene rings is 1. The molecule has 0 bridgehead atoms. The molecule has 0 aliphatic carbocycles. The number of hydrogen-bond acceptors (Lipinski definition) is 7. The summed E-state index contributed by atoms with van der Waals surface area (Å²) in [5, 5.41) is 2.76. The molecular weight excluding hydrogens is 380 g/mol. The maximum absolute atomic E-state index is 11.9. The Morgan fingerprint density at radius 3 is 2.38 bits per heavy atom. The van der Waals surface area contributed by atoms with Gasteiger partial charge in [0.2, 0.25) is 5.78 Å². The Bertz CT molecular complexity index is 811. The van der Waals surface area contributed by atoms with Crippen molar-refractivity contribution in [2.45, 2.75) is 4.58 Å². The van der Waals surface area contributed by atoms with E-state index in [1.807, 2.05) is 4.72 Å². The number of hydrogen-bond donors (Lipinski definition) is 2. The summed E-state index contributed by atoms with van der Waals surface area (Å²) >= 11 is 7.65. The molecule has 0 spiro atoms. The van der Waals surface area contributed by atoms with Gasteiger partial charge in [-0.05, 0) is 11.4 Å². The van der Waals surface area contributed by atoms with Crippen LogP contribution in [0.15, 0.2) is 22.6 Å². The first-order valence-corrected chi connectivity index (χ1v) is 10.9. The predicted molar refractivity (Wildman–Crippen MR) is 84.3 cm³/mol. The van der Waals surface area contributed by atoms with Gasteiger partial charge in [-0.25, -0.2) is 8.42 Å². The monoisotopic (exact) mass is 388 g/mol. The van der Waals surface area contributed by atoms with Gasteiger partial charge in [-0.15, -0.1) is 23.1 Å². The summed E-state index contributed by atoms with van der Waals surface area (Å²) in [5.74, 6) is -0.802. The predicted octanol–water partition coefficient (Wildman–Crippen LogP) is 1.18. The van der Waals surface area contributed by atoms with Crippen molar-refractivity contribution in [3.05, 3.63) is 26.9 Å². The number of ketones is 1. The molecule has 1 aliphatic rings. The van der Waals surface area contributed by atoms with E-state index in [1.54, 1.807) is 5.38 Å². The molecule has 12 heteroatoms. The maximum Gasteiger partial charge on any atom is 0.321 e. The number of nitrogens with one attached hydrogen (secondary N) is 2. The van der Waals surface area contributed by atoms with E-state index in [2.05, 4.69) is 4.72 Å². The number of allylic oxidation sites excluding steroid dienone is 1. The number of thioether (sulfide) groups is 1. The van der Waals surface area contributed by atoms with Gasteiger partial charge in [-0.1, -0.05) is 11.6 Å². The van der Waals surface area contributed by atoms with E-state index in [1.165, 1.54) is 11.5 Å². The molecule has 1 unspecified atom stereocenters. The lowest BCUT2D eigenvalue weighted by molar-refractivity contribution is -0.113. The smallest absolute Gasteiger partial charge is 0.290 e. The van der Waals surface area contributed by atoms with Crippen LogP contribution in [0.1, 0.15) is 0 Å². The lowest BCUT2D eigenvalue weighted by Crippen LogP contribution is -2.35. The van der Waals surface area contributed by atoms with Gasteiger partial charge in [-0.3, -0.25) is 14.2 Å². The van der Waals surface area contributed by atoms with Gasteiger partial charge in [0.25, 0.3) is 0 Å². The molecule has 1 atom stereocenters. The largest absolute Gasteiger partial charge is 0.321 e. The number of Topliss-reactive ketones (excluding diaryl/α,β-unsaturated/α-hetero) is 1. The van der Waals surface area contributed by atoms with E-state index >= 15 is 0 Å². The first-order valence-electron chi connectivity index (χ1n) is 5.22. The van der Waals surface area contributed by atoms with Gasteiger partial charge >= 0.3 is 10.2 Å². The van der Waals surface area contributed by atoms with Crippen molar-refractivity contribution in [1.29, 1.82) is 0 Å². The number of carbonyl (C=O) groups excluding carboxylic acids is 1. The Hall–Kier alpha value is -0.750. The minimum absolute atomic E-state index is 0.174. The molecule has 0 aromatic carbocycles. The Morgan fingerprint density at radius 1 is 1.24 bits per heavy atom. The minimum Gasteiger partial charge on any atom is -0.290 e. The van der Waals surface area contributed by atoms with Crippen LogP contribution in [0.25, 0.3) is 0 Å². The van der Waals surface area contributed by atoms with Gasteiger partial charge in [0.05, 0.1) is 5.69 Å². The Balaban J connectivity index is 2.12. The molecule has 21 heavy (non-hydrogen) atoms. The van der Waals surface area contributed by atoms with E-state index < -0.39 is 30.4 Å². The third-order valence-electron chi connectivity index (χ3n) is 2.28. The van der Waals surface area contributed by atoms with E-state index in [9.17, 15) is 21.6 Å². The molecule has 2 rings (SSSR count). The van der Waals surface area contributed by atoms with Gasteiger partial charge < -0.3 is 0 Å². The standard InChI is InChI=1S/C9H9ClN2O5S4/c1-20(14,15)9-7(13)6(4-19-9)12-21(16,17)11-5-2-3-18-8(5)10/h2-4,9,11-12H,1H3. The Kier molecular flexibility index (Phi) is 4.59. The van der Waals surface area contributed by atoms with Crippen LogP contribution in [-0.2, 0) is 24.8 Å². The molecule has 7 nitrogen and oxygen atoms in total. The number of anilines is 1. The van der Waals surface area contributed by atoms with Crippen molar-refractivity contribution in [1.82, 2.24) is 4.72 Å². The first-order chi connectivity index (χ1) is 9.60. The van der Waals surface area contributed by atoms with Gasteiger partial charge in [0.15, 0.2) is 14.4 Å². The number of rotatable bonds is 5. The Labute approximate surface area is 134 Å². The third kappa shape index (κ3) is 3.92. The highest BCUT2D eigenvalue weighted by molar-refractivity contribution is 8.16. The fourth-order valence-corrected chi connectivity index (χ4v) is 5.59. The van der Waals surface area contributed by atoms with Crippen molar-refractivity contribution in [3.8, 4) is 0 Å². The summed E-state index contributed by atoms with van der Waals surface area (Å²) in [6, 6.07) is 1.46. The van der Waals surface area contributed by atoms with Crippen LogP contribution in [0.2, 0.25) is 4.34 Å². The fraction of sp³-hybridized carbons (Fsp3) is 0.222. The van der Waals surface area contributed by atoms with Crippen molar-refractivity contribution in [3.63, 3.8) is 0 Å². The summed E-state index contributed by atoms with van der Waals surface area (Å²) < 4.78 is 49.6. The van der Waals surface area contributed by atoms with Crippen LogP contribution >= 0.6 is 34.7 Å². The minimum atomic E-state index is -4.09. The summed E-state index contributed by atoms with van der Waals surface area (Å²) in [4.78, 5) is 11.9. The van der Waals surface area contributed by atoms with Crippen LogP contribution in [0.4, 0.5) is 5.69 Å². The molecular formula is C9H9ClN2O5S4. The third-order valence-corrected chi connectivity index (χ3v) is 7.64. The normalized spacial score (nSPS) is 19.4. The van der Waals surface area contributed by atoms with Crippen LogP contribution in [0, 0.1) is 0 Å². The lowest BCUT2D eigenvalue weighted by atomic mass is 10.4. The highest BCUT2D eigenvalue weighted by atomic mass is 35.5. The first kappa shape index (κ1) is 16.6. The van der Waals surface area contributed by atoms with E-state index in [0.29, 0.717) is 0 Å². The second-order valence-electron chi connectivity index (χ2n) is 4.01. The molecule has 0 saturated carbocycles. The molecule has 1 aromatic heterocycles. The number of sulfone groups is 1. The molecule has 2 N–H and O–H groups in total. The van der Waals surface area contributed by atoms with Crippen LogP contribution in [-0.4, -0.2) is 33.5 Å². The molecule has 1 aromatic rings. The van der Waals surface area contributed by atoms with Crippen molar-refractivity contribution in [2.75, 3.05) is 11.0 Å². The lowest BCUT2D eigenvalue weighted by Gasteiger charge is -2.10. The molecule has 0 fully saturated rings. The average Bonchev–Trinajstić information content (AvgIpc) is 2.86. The second kappa shape index (κ2) is 5.80. The molecule has 1 aliphatic heterocycles. The van der Waals surface area contributed by atoms with Crippen LogP contribution in [0.3, 0.4) is 0 Å². The van der Waals surface area contributed by atoms with E-state index in [-0.39, 0.29) is 15.7 Å². The summed E-state index contributed by atoms with van der Waals surface area (Å²) in [6.07, 6.45) is 0.914. The summed E-state index contributed by atoms with van der Waals surface area (Å²) in [5.41, 5.74) is -0.123. The van der Waals surface area contributed by atoms with Crippen molar-refractivity contribution in [2.24, 2.45) is 0 Å². The van der Waals surface area contributed by atoms with E-state index in [4.69, 9.17) is 11.6 Å². The highest BCUT2D eigenvalue weighted by Crippen LogP contribution is 2.31. The number of carbonyl (C=O) groups is 1. The Morgan fingerprint density at radius 2 is 1.90 bits per heavy atom. The zero-order valence-electron chi connectivity index (χ0n) is 10.4. The highest BCUT2D eigenvalue weighted by Gasteiger charge is 2.37. The molecule has 0 amide bonds. The van der Waals surface area contributed by atoms with Gasteiger partial charge in [0.1, 0.15) is 10.0 Å². The fourth-order valence-electron chi connectivity index (χ4n) is 1.43. The van der Waals surface area contributed by atoms with Crippen LogP contribution < -0.4 is 9.44 Å². The average molecular weight is 389 g/mol. The molecule has 116 valence electrons. The maximum atomic E-state index is 11.9. The topological polar surface area (TPSA) is 109 Å². The second-order valence-corrected chi connectivity index (χ2v) is 10.4. The van der Waals surface area contributed by atoms with Crippen molar-refractivity contribution >= 4 is 66.2 Å². The van der Waals surface area contributed by atoms with Gasteiger partial charge in [0, 0.05) is 11.7 Å². The molecule has 0 radical (unpaired) electrons. The zero-order chi connectivity index (χ0) is 15.8. The summed E-state index contributed by atoms with van der Waals surface area (Å²) in [7, 11) is -7.70. The van der Waals surface area contributed by atoms with Crippen molar-refractivity contribution < 1.29 is 21.6 Å². The van der Waals surface area contributed by atoms with E-state index in [0.717, 1.165) is 29.4 Å². The zero-order valence-corrected chi connectivity index (χ0v) is 14.4. The van der Waals surface area contributed by atoms with Gasteiger partial charge in [-0.2, -0.15) is 8.42 Å². The van der Waals surface area contributed by atoms with Crippen LogP contribution in [0.5, 0.6) is 0 Å². The summed E-state index contributed by atoms with van der Waals surface area (Å²) in [6.45, 7) is 0. The quantitative estimate of drug-likeness (QED) is 0.783. The molecule has 2 heterocycles. The molecule has 0 saturated heterocycles.